The number of anilines is 1. The summed E-state index contributed by atoms with van der Waals surface area (Å²) in [5.74, 6) is 2.11. The first-order valence-corrected chi connectivity index (χ1v) is 7.93. The number of hydrogen-bond donors (Lipinski definition) is 2. The van der Waals surface area contributed by atoms with E-state index in [-0.39, 0.29) is 5.82 Å². The summed E-state index contributed by atoms with van der Waals surface area (Å²) in [6, 6.07) is 4.52. The van der Waals surface area contributed by atoms with E-state index in [9.17, 15) is 4.39 Å². The van der Waals surface area contributed by atoms with E-state index >= 15 is 0 Å². The third kappa shape index (κ3) is 4.18. The maximum atomic E-state index is 13.2. The van der Waals surface area contributed by atoms with Crippen molar-refractivity contribution in [2.45, 2.75) is 20.3 Å². The Labute approximate surface area is 139 Å². The van der Waals surface area contributed by atoms with E-state index in [1.807, 2.05) is 0 Å². The summed E-state index contributed by atoms with van der Waals surface area (Å²) in [5, 5.41) is 3.19. The van der Waals surface area contributed by atoms with Gasteiger partial charge in [-0.3, -0.25) is 4.98 Å². The van der Waals surface area contributed by atoms with Crippen LogP contribution in [0.4, 0.5) is 10.2 Å². The van der Waals surface area contributed by atoms with Crippen molar-refractivity contribution < 1.29 is 9.13 Å². The fraction of sp³-hybridized carbons (Fsp3) is 0.353. The van der Waals surface area contributed by atoms with Crippen LogP contribution in [0.15, 0.2) is 30.6 Å². The normalized spacial score (nSPS) is 11.2. The summed E-state index contributed by atoms with van der Waals surface area (Å²) in [6.45, 7) is 5.39. The minimum atomic E-state index is -0.274. The molecular weight excluding hydrogens is 309 g/mol. The lowest BCUT2D eigenvalue weighted by Crippen LogP contribution is -2.10. The zero-order valence-electron chi connectivity index (χ0n) is 13.7. The smallest absolute Gasteiger partial charge is 0.234 e. The third-order valence-corrected chi connectivity index (χ3v) is 3.34. The molecule has 0 atom stereocenters. The molecule has 0 spiro atoms. The topological polar surface area (TPSA) is 75.7 Å². The zero-order valence-corrected chi connectivity index (χ0v) is 13.7. The molecule has 2 N–H and O–H groups in total. The number of hydrogen-bond acceptors (Lipinski definition) is 5. The van der Waals surface area contributed by atoms with Crippen LogP contribution >= 0.6 is 0 Å². The van der Waals surface area contributed by atoms with E-state index in [0.29, 0.717) is 42.7 Å². The molecule has 126 valence electrons. The number of fused-ring (bicyclic) bond motifs is 1. The highest BCUT2D eigenvalue weighted by Gasteiger charge is 2.05. The van der Waals surface area contributed by atoms with Gasteiger partial charge in [0.05, 0.1) is 30.0 Å². The number of benzene rings is 1. The highest BCUT2D eigenvalue weighted by molar-refractivity contribution is 5.74. The average molecular weight is 329 g/mol. The Morgan fingerprint density at radius 3 is 2.96 bits per heavy atom. The molecule has 0 unspecified atom stereocenters. The van der Waals surface area contributed by atoms with Crippen molar-refractivity contribution in [1.29, 1.82) is 0 Å². The average Bonchev–Trinajstić information content (AvgIpc) is 2.95. The second-order valence-corrected chi connectivity index (χ2v) is 5.97. The molecule has 0 aliphatic carbocycles. The van der Waals surface area contributed by atoms with Gasteiger partial charge in [-0.25, -0.2) is 9.37 Å². The van der Waals surface area contributed by atoms with Crippen LogP contribution in [0.25, 0.3) is 11.0 Å². The lowest BCUT2D eigenvalue weighted by atomic mass is 10.2. The molecule has 24 heavy (non-hydrogen) atoms. The molecule has 3 rings (SSSR count). The van der Waals surface area contributed by atoms with Crippen molar-refractivity contribution in [3.8, 4) is 5.88 Å². The molecule has 0 saturated heterocycles. The van der Waals surface area contributed by atoms with Crippen LogP contribution < -0.4 is 10.1 Å². The number of rotatable bonds is 7. The number of halogens is 1. The standard InChI is InChI=1S/C17H20FN5O/c1-11(2)10-24-17-9-19-8-16(23-17)20-6-5-15-21-13-4-3-12(18)7-14(13)22-15/h3-4,7-9,11H,5-6,10H2,1-2H3,(H,20,23)(H,21,22). The van der Waals surface area contributed by atoms with Crippen LogP contribution in [0.5, 0.6) is 5.88 Å². The lowest BCUT2D eigenvalue weighted by Gasteiger charge is -2.09. The van der Waals surface area contributed by atoms with Gasteiger partial charge in [-0.05, 0) is 24.1 Å². The van der Waals surface area contributed by atoms with Gasteiger partial charge in [-0.1, -0.05) is 13.8 Å². The van der Waals surface area contributed by atoms with Crippen molar-refractivity contribution >= 4 is 16.9 Å². The van der Waals surface area contributed by atoms with E-state index in [2.05, 4.69) is 39.1 Å². The van der Waals surface area contributed by atoms with Crippen LogP contribution in [-0.4, -0.2) is 33.1 Å². The van der Waals surface area contributed by atoms with Crippen LogP contribution in [0.1, 0.15) is 19.7 Å². The van der Waals surface area contributed by atoms with Crippen LogP contribution in [0.2, 0.25) is 0 Å². The number of imidazole rings is 1. The summed E-state index contributed by atoms with van der Waals surface area (Å²) in [4.78, 5) is 16.0. The van der Waals surface area contributed by atoms with E-state index < -0.39 is 0 Å². The molecule has 0 aliphatic heterocycles. The van der Waals surface area contributed by atoms with E-state index in [4.69, 9.17) is 4.74 Å². The Balaban J connectivity index is 1.56. The van der Waals surface area contributed by atoms with Gasteiger partial charge in [0.2, 0.25) is 5.88 Å². The Hall–Kier alpha value is -2.70. The maximum Gasteiger partial charge on any atom is 0.234 e. The van der Waals surface area contributed by atoms with Crippen LogP contribution in [0.3, 0.4) is 0 Å². The Morgan fingerprint density at radius 1 is 1.25 bits per heavy atom. The molecule has 0 radical (unpaired) electrons. The molecule has 0 bridgehead atoms. The molecule has 3 aromatic rings. The minimum Gasteiger partial charge on any atom is -0.476 e. The fourth-order valence-electron chi connectivity index (χ4n) is 2.22. The van der Waals surface area contributed by atoms with E-state index in [1.165, 1.54) is 12.1 Å². The molecule has 6 nitrogen and oxygen atoms in total. The van der Waals surface area contributed by atoms with Crippen molar-refractivity contribution in [3.05, 3.63) is 42.2 Å². The zero-order chi connectivity index (χ0) is 16.9. The summed E-state index contributed by atoms with van der Waals surface area (Å²) in [5.41, 5.74) is 1.46. The van der Waals surface area contributed by atoms with Gasteiger partial charge in [0.25, 0.3) is 0 Å². The fourth-order valence-corrected chi connectivity index (χ4v) is 2.22. The van der Waals surface area contributed by atoms with E-state index in [0.717, 1.165) is 11.3 Å². The van der Waals surface area contributed by atoms with Gasteiger partial charge < -0.3 is 15.0 Å². The molecular formula is C17H20FN5O. The largest absolute Gasteiger partial charge is 0.476 e. The quantitative estimate of drug-likeness (QED) is 0.696. The Bertz CT molecular complexity index is 818. The molecule has 0 saturated carbocycles. The number of nitrogens with one attached hydrogen (secondary N) is 2. The predicted molar refractivity (Wildman–Crippen MR) is 90.6 cm³/mol. The van der Waals surface area contributed by atoms with Gasteiger partial charge in [-0.15, -0.1) is 0 Å². The number of aromatic amines is 1. The van der Waals surface area contributed by atoms with Crippen molar-refractivity contribution in [2.24, 2.45) is 5.92 Å². The molecule has 0 aliphatic rings. The summed E-state index contributed by atoms with van der Waals surface area (Å²) < 4.78 is 18.7. The third-order valence-electron chi connectivity index (χ3n) is 3.34. The summed E-state index contributed by atoms with van der Waals surface area (Å²) >= 11 is 0. The lowest BCUT2D eigenvalue weighted by molar-refractivity contribution is 0.260. The van der Waals surface area contributed by atoms with Crippen molar-refractivity contribution in [2.75, 3.05) is 18.5 Å². The highest BCUT2D eigenvalue weighted by Crippen LogP contribution is 2.14. The van der Waals surface area contributed by atoms with Gasteiger partial charge in [0.15, 0.2) is 0 Å². The molecule has 1 aromatic carbocycles. The van der Waals surface area contributed by atoms with Gasteiger partial charge in [-0.2, -0.15) is 4.98 Å². The number of ether oxygens (including phenoxy) is 1. The SMILES string of the molecule is CC(C)COc1cncc(NCCc2nc3ccc(F)cc3[nH]2)n1. The second kappa shape index (κ2) is 7.25. The van der Waals surface area contributed by atoms with E-state index in [1.54, 1.807) is 18.5 Å². The Kier molecular flexibility index (Phi) is 4.88. The van der Waals surface area contributed by atoms with Crippen molar-refractivity contribution in [1.82, 2.24) is 19.9 Å². The minimum absolute atomic E-state index is 0.274. The van der Waals surface area contributed by atoms with Gasteiger partial charge >= 0.3 is 0 Å². The first-order valence-electron chi connectivity index (χ1n) is 7.93. The highest BCUT2D eigenvalue weighted by atomic mass is 19.1. The Morgan fingerprint density at radius 2 is 2.12 bits per heavy atom. The molecule has 0 amide bonds. The predicted octanol–water partition coefficient (Wildman–Crippen LogP) is 3.18. The monoisotopic (exact) mass is 329 g/mol. The van der Waals surface area contributed by atoms with Crippen LogP contribution in [0, 0.1) is 11.7 Å². The first kappa shape index (κ1) is 16.2. The molecule has 7 heteroatoms. The first-order chi connectivity index (χ1) is 11.6. The van der Waals surface area contributed by atoms with Crippen molar-refractivity contribution in [3.63, 3.8) is 0 Å². The van der Waals surface area contributed by atoms with Crippen LogP contribution in [-0.2, 0) is 6.42 Å². The summed E-state index contributed by atoms with van der Waals surface area (Å²) in [6.07, 6.45) is 3.91. The van der Waals surface area contributed by atoms with Gasteiger partial charge in [0, 0.05) is 13.0 Å². The molecule has 0 fully saturated rings. The number of H-pyrrole nitrogens is 1. The molecule has 2 heterocycles. The van der Waals surface area contributed by atoms with Gasteiger partial charge in [0.1, 0.15) is 17.5 Å². The number of aromatic nitrogens is 4. The maximum absolute atomic E-state index is 13.2. The molecule has 2 aromatic heterocycles. The second-order valence-electron chi connectivity index (χ2n) is 5.97. The number of nitrogens with zero attached hydrogens (tertiary/aromatic N) is 3. The summed E-state index contributed by atoms with van der Waals surface area (Å²) in [7, 11) is 0.